The fraction of sp³-hybridized carbons (Fsp3) is 0.462. The van der Waals surface area contributed by atoms with Crippen molar-refractivity contribution in [2.45, 2.75) is 26.3 Å². The normalized spacial score (nSPS) is 10.5. The van der Waals surface area contributed by atoms with Crippen molar-refractivity contribution in [1.82, 2.24) is 14.8 Å². The highest BCUT2D eigenvalue weighted by Crippen LogP contribution is 2.17. The first-order chi connectivity index (χ1) is 9.69. The molecule has 0 radical (unpaired) electrons. The van der Waals surface area contributed by atoms with Crippen LogP contribution in [0, 0.1) is 0 Å². The Kier molecular flexibility index (Phi) is 5.11. The molecule has 0 atom stereocenters. The molecule has 2 heterocycles. The van der Waals surface area contributed by atoms with Gasteiger partial charge in [-0.2, -0.15) is 5.10 Å². The second-order valence-corrected chi connectivity index (χ2v) is 5.11. The van der Waals surface area contributed by atoms with Crippen LogP contribution in [-0.2, 0) is 29.5 Å². The lowest BCUT2D eigenvalue weighted by Crippen LogP contribution is -2.06. The number of aryl methyl sites for hydroxylation is 2. The maximum absolute atomic E-state index is 11.3. The van der Waals surface area contributed by atoms with Gasteiger partial charge in [0.15, 0.2) is 5.13 Å². The van der Waals surface area contributed by atoms with Crippen LogP contribution in [0.5, 0.6) is 0 Å². The SMILES string of the molecule is CCOC(=O)CCc1csc(NCc2ccnn2C)n1. The zero-order valence-electron chi connectivity index (χ0n) is 11.6. The number of carbonyl (C=O) groups excluding carboxylic acids is 1. The second kappa shape index (κ2) is 7.04. The minimum absolute atomic E-state index is 0.176. The van der Waals surface area contributed by atoms with E-state index in [9.17, 15) is 4.79 Å². The summed E-state index contributed by atoms with van der Waals surface area (Å²) in [5, 5.41) is 10.2. The summed E-state index contributed by atoms with van der Waals surface area (Å²) in [6.07, 6.45) is 2.76. The third-order valence-electron chi connectivity index (χ3n) is 2.79. The molecule has 2 aromatic rings. The van der Waals surface area contributed by atoms with Crippen LogP contribution in [-0.4, -0.2) is 27.3 Å². The minimum atomic E-state index is -0.176. The van der Waals surface area contributed by atoms with Crippen LogP contribution < -0.4 is 5.32 Å². The summed E-state index contributed by atoms with van der Waals surface area (Å²) < 4.78 is 6.71. The van der Waals surface area contributed by atoms with Gasteiger partial charge >= 0.3 is 5.97 Å². The van der Waals surface area contributed by atoms with Crippen LogP contribution in [0.25, 0.3) is 0 Å². The van der Waals surface area contributed by atoms with Gasteiger partial charge in [-0.1, -0.05) is 0 Å². The summed E-state index contributed by atoms with van der Waals surface area (Å²) in [6, 6.07) is 1.96. The molecular weight excluding hydrogens is 276 g/mol. The Morgan fingerprint density at radius 3 is 3.10 bits per heavy atom. The van der Waals surface area contributed by atoms with Crippen LogP contribution in [0.15, 0.2) is 17.6 Å². The van der Waals surface area contributed by atoms with Crippen LogP contribution in [0.1, 0.15) is 24.7 Å². The van der Waals surface area contributed by atoms with Crippen LogP contribution in [0.3, 0.4) is 0 Å². The number of thiazole rings is 1. The van der Waals surface area contributed by atoms with Crippen molar-refractivity contribution in [3.05, 3.63) is 29.0 Å². The number of ether oxygens (including phenoxy) is 1. The van der Waals surface area contributed by atoms with Crippen LogP contribution in [0.4, 0.5) is 5.13 Å². The minimum Gasteiger partial charge on any atom is -0.466 e. The van der Waals surface area contributed by atoms with E-state index >= 15 is 0 Å². The average molecular weight is 294 g/mol. The first kappa shape index (κ1) is 14.5. The fourth-order valence-electron chi connectivity index (χ4n) is 1.71. The average Bonchev–Trinajstić information content (AvgIpc) is 3.03. The molecule has 20 heavy (non-hydrogen) atoms. The molecule has 0 fully saturated rings. The lowest BCUT2D eigenvalue weighted by molar-refractivity contribution is -0.143. The first-order valence-corrected chi connectivity index (χ1v) is 7.37. The number of esters is 1. The van der Waals surface area contributed by atoms with Crippen LogP contribution in [0.2, 0.25) is 0 Å². The largest absolute Gasteiger partial charge is 0.466 e. The third kappa shape index (κ3) is 4.06. The number of rotatable bonds is 7. The highest BCUT2D eigenvalue weighted by Gasteiger charge is 2.07. The monoisotopic (exact) mass is 294 g/mol. The van der Waals surface area contributed by atoms with Gasteiger partial charge < -0.3 is 10.1 Å². The number of hydrogen-bond donors (Lipinski definition) is 1. The molecule has 0 aliphatic carbocycles. The summed E-state index contributed by atoms with van der Waals surface area (Å²) >= 11 is 1.54. The summed E-state index contributed by atoms with van der Waals surface area (Å²) in [5.41, 5.74) is 2.00. The fourth-order valence-corrected chi connectivity index (χ4v) is 2.45. The molecule has 0 saturated carbocycles. The molecule has 0 aromatic carbocycles. The maximum Gasteiger partial charge on any atom is 0.306 e. The molecule has 1 N–H and O–H groups in total. The lowest BCUT2D eigenvalue weighted by atomic mass is 10.2. The summed E-state index contributed by atoms with van der Waals surface area (Å²) in [4.78, 5) is 15.7. The van der Waals surface area contributed by atoms with E-state index in [-0.39, 0.29) is 5.97 Å². The van der Waals surface area contributed by atoms with Gasteiger partial charge in [0.1, 0.15) is 0 Å². The predicted molar refractivity (Wildman–Crippen MR) is 77.6 cm³/mol. The molecule has 0 aliphatic rings. The number of anilines is 1. The molecule has 108 valence electrons. The topological polar surface area (TPSA) is 69.0 Å². The molecule has 6 nitrogen and oxygen atoms in total. The number of hydrogen-bond acceptors (Lipinski definition) is 6. The van der Waals surface area contributed by atoms with Gasteiger partial charge in [-0.3, -0.25) is 9.48 Å². The Balaban J connectivity index is 1.80. The standard InChI is InChI=1S/C13H18N4O2S/c1-3-19-12(18)5-4-10-9-20-13(16-10)14-8-11-6-7-15-17(11)2/h6-7,9H,3-5,8H2,1-2H3,(H,14,16). The first-order valence-electron chi connectivity index (χ1n) is 6.49. The smallest absolute Gasteiger partial charge is 0.306 e. The van der Waals surface area contributed by atoms with E-state index < -0.39 is 0 Å². The van der Waals surface area contributed by atoms with Crippen LogP contribution >= 0.6 is 11.3 Å². The Morgan fingerprint density at radius 2 is 2.40 bits per heavy atom. The van der Waals surface area contributed by atoms with E-state index in [0.29, 0.717) is 26.0 Å². The van der Waals surface area contributed by atoms with E-state index in [0.717, 1.165) is 16.5 Å². The second-order valence-electron chi connectivity index (χ2n) is 4.25. The van der Waals surface area contributed by atoms with Crippen molar-refractivity contribution in [3.8, 4) is 0 Å². The van der Waals surface area contributed by atoms with Gasteiger partial charge in [-0.25, -0.2) is 4.98 Å². The van der Waals surface area contributed by atoms with Gasteiger partial charge in [0.05, 0.1) is 31.0 Å². The zero-order chi connectivity index (χ0) is 14.4. The van der Waals surface area contributed by atoms with Crippen molar-refractivity contribution in [3.63, 3.8) is 0 Å². The Hall–Kier alpha value is -1.89. The van der Waals surface area contributed by atoms with Crippen molar-refractivity contribution in [1.29, 1.82) is 0 Å². The molecule has 0 spiro atoms. The third-order valence-corrected chi connectivity index (χ3v) is 3.63. The quantitative estimate of drug-likeness (QED) is 0.791. The molecule has 0 bridgehead atoms. The lowest BCUT2D eigenvalue weighted by Gasteiger charge is -2.02. The molecule has 0 aliphatic heterocycles. The summed E-state index contributed by atoms with van der Waals surface area (Å²) in [5.74, 6) is -0.176. The number of nitrogens with zero attached hydrogens (tertiary/aromatic N) is 3. The van der Waals surface area contributed by atoms with E-state index in [4.69, 9.17) is 4.74 Å². The molecule has 2 aromatic heterocycles. The van der Waals surface area contributed by atoms with Crippen molar-refractivity contribution in [2.24, 2.45) is 7.05 Å². The van der Waals surface area contributed by atoms with E-state index in [1.807, 2.05) is 23.2 Å². The van der Waals surface area contributed by atoms with Crippen molar-refractivity contribution < 1.29 is 9.53 Å². The summed E-state index contributed by atoms with van der Waals surface area (Å²) in [6.45, 7) is 2.91. The molecule has 0 amide bonds. The van der Waals surface area contributed by atoms with Crippen molar-refractivity contribution >= 4 is 22.4 Å². The van der Waals surface area contributed by atoms with Gasteiger partial charge in [0.25, 0.3) is 0 Å². The van der Waals surface area contributed by atoms with Gasteiger partial charge in [-0.05, 0) is 13.0 Å². The Morgan fingerprint density at radius 1 is 1.55 bits per heavy atom. The molecule has 2 rings (SSSR count). The Labute approximate surface area is 121 Å². The number of carbonyl (C=O) groups is 1. The van der Waals surface area contributed by atoms with Gasteiger partial charge in [0.2, 0.25) is 0 Å². The zero-order valence-corrected chi connectivity index (χ0v) is 12.4. The molecule has 0 saturated heterocycles. The summed E-state index contributed by atoms with van der Waals surface area (Å²) in [7, 11) is 1.91. The predicted octanol–water partition coefficient (Wildman–Crippen LogP) is 1.98. The Bertz CT molecular complexity index is 564. The highest BCUT2D eigenvalue weighted by molar-refractivity contribution is 7.13. The van der Waals surface area contributed by atoms with E-state index in [1.54, 1.807) is 13.1 Å². The maximum atomic E-state index is 11.3. The molecule has 0 unspecified atom stereocenters. The number of aromatic nitrogens is 3. The van der Waals surface area contributed by atoms with E-state index in [1.165, 1.54) is 11.3 Å². The highest BCUT2D eigenvalue weighted by atomic mass is 32.1. The van der Waals surface area contributed by atoms with Crippen molar-refractivity contribution in [2.75, 3.05) is 11.9 Å². The number of nitrogens with one attached hydrogen (secondary N) is 1. The molecular formula is C13H18N4O2S. The molecule has 7 heteroatoms. The van der Waals surface area contributed by atoms with Gasteiger partial charge in [0, 0.05) is 25.0 Å². The van der Waals surface area contributed by atoms with E-state index in [2.05, 4.69) is 15.4 Å². The van der Waals surface area contributed by atoms with Gasteiger partial charge in [-0.15, -0.1) is 11.3 Å².